The standard InChI is InChI=1S/C29H33N3O2S/c1-3-22-9-11-24(12-10-22)29(34)32-17-16-30(19-21(32)2)27(33)20-31-15-13-26-25(14-18-35-26)28(31)23-7-5-4-6-8-23/h4-12,14,18,21,28H,3,13,15-17,19-20H2,1-2H3/t21-,28+/m0/s1. The topological polar surface area (TPSA) is 43.9 Å². The number of rotatable bonds is 5. The van der Waals surface area contributed by atoms with Crippen molar-refractivity contribution in [2.75, 3.05) is 32.7 Å². The second kappa shape index (κ2) is 10.3. The van der Waals surface area contributed by atoms with Crippen LogP contribution in [0.4, 0.5) is 0 Å². The van der Waals surface area contributed by atoms with Gasteiger partial charge < -0.3 is 9.80 Å². The summed E-state index contributed by atoms with van der Waals surface area (Å²) in [5, 5.41) is 2.17. The van der Waals surface area contributed by atoms with E-state index in [0.29, 0.717) is 26.2 Å². The Balaban J connectivity index is 1.25. The van der Waals surface area contributed by atoms with Crippen LogP contribution in [0.5, 0.6) is 0 Å². The summed E-state index contributed by atoms with van der Waals surface area (Å²) in [5.74, 6) is 0.202. The second-order valence-electron chi connectivity index (χ2n) is 9.57. The lowest BCUT2D eigenvalue weighted by Gasteiger charge is -2.42. The molecule has 3 aromatic rings. The van der Waals surface area contributed by atoms with Crippen LogP contribution in [0.3, 0.4) is 0 Å². The van der Waals surface area contributed by atoms with Gasteiger partial charge in [0.15, 0.2) is 0 Å². The molecule has 0 spiro atoms. The van der Waals surface area contributed by atoms with E-state index in [-0.39, 0.29) is 23.9 Å². The summed E-state index contributed by atoms with van der Waals surface area (Å²) < 4.78 is 0. The lowest BCUT2D eigenvalue weighted by Crippen LogP contribution is -2.57. The number of aryl methyl sites for hydroxylation is 1. The summed E-state index contributed by atoms with van der Waals surface area (Å²) >= 11 is 1.82. The van der Waals surface area contributed by atoms with Crippen molar-refractivity contribution in [2.45, 2.75) is 38.8 Å². The highest BCUT2D eigenvalue weighted by molar-refractivity contribution is 7.10. The van der Waals surface area contributed by atoms with E-state index in [2.05, 4.69) is 47.5 Å². The Morgan fingerprint density at radius 3 is 2.46 bits per heavy atom. The molecule has 1 saturated heterocycles. The van der Waals surface area contributed by atoms with E-state index in [1.54, 1.807) is 0 Å². The summed E-state index contributed by atoms with van der Waals surface area (Å²) in [6.45, 7) is 7.15. The normalized spacial score (nSPS) is 20.5. The SMILES string of the molecule is CCc1ccc(C(=O)N2CCN(C(=O)CN3CCc4sccc4[C@H]3c3ccccc3)C[C@@H]2C)cc1. The number of piperazine rings is 1. The van der Waals surface area contributed by atoms with Crippen molar-refractivity contribution in [2.24, 2.45) is 0 Å². The molecule has 0 radical (unpaired) electrons. The average Bonchev–Trinajstić information content (AvgIpc) is 3.37. The van der Waals surface area contributed by atoms with E-state index in [0.717, 1.165) is 24.9 Å². The zero-order valence-corrected chi connectivity index (χ0v) is 21.3. The Hall–Kier alpha value is -2.96. The van der Waals surface area contributed by atoms with Crippen LogP contribution in [0.15, 0.2) is 66.0 Å². The van der Waals surface area contributed by atoms with Crippen molar-refractivity contribution in [3.8, 4) is 0 Å². The molecule has 6 heteroatoms. The van der Waals surface area contributed by atoms with Gasteiger partial charge in [-0.25, -0.2) is 0 Å². The Morgan fingerprint density at radius 2 is 1.74 bits per heavy atom. The number of carbonyl (C=O) groups is 2. The maximum absolute atomic E-state index is 13.4. The van der Waals surface area contributed by atoms with Gasteiger partial charge in [0.2, 0.25) is 5.91 Å². The zero-order valence-electron chi connectivity index (χ0n) is 20.5. The first-order valence-electron chi connectivity index (χ1n) is 12.6. The Bertz CT molecular complexity index is 1170. The molecule has 3 heterocycles. The van der Waals surface area contributed by atoms with Gasteiger partial charge in [-0.1, -0.05) is 49.4 Å². The Morgan fingerprint density at radius 1 is 0.971 bits per heavy atom. The van der Waals surface area contributed by atoms with Crippen molar-refractivity contribution >= 4 is 23.2 Å². The van der Waals surface area contributed by atoms with Crippen LogP contribution < -0.4 is 0 Å². The fourth-order valence-corrected chi connectivity index (χ4v) is 6.28. The maximum Gasteiger partial charge on any atom is 0.254 e. The predicted octanol–water partition coefficient (Wildman–Crippen LogP) is 4.63. The predicted molar refractivity (Wildman–Crippen MR) is 141 cm³/mol. The summed E-state index contributed by atoms with van der Waals surface area (Å²) in [5.41, 5.74) is 4.51. The average molecular weight is 488 g/mol. The number of hydrogen-bond donors (Lipinski definition) is 0. The molecule has 0 aliphatic carbocycles. The molecule has 0 unspecified atom stereocenters. The minimum Gasteiger partial charge on any atom is -0.338 e. The van der Waals surface area contributed by atoms with Gasteiger partial charge in [-0.2, -0.15) is 0 Å². The van der Waals surface area contributed by atoms with Crippen LogP contribution >= 0.6 is 11.3 Å². The zero-order chi connectivity index (χ0) is 24.4. The molecule has 35 heavy (non-hydrogen) atoms. The second-order valence-corrected chi connectivity index (χ2v) is 10.6. The van der Waals surface area contributed by atoms with E-state index in [1.165, 1.54) is 21.6 Å². The van der Waals surface area contributed by atoms with E-state index in [1.807, 2.05) is 58.4 Å². The largest absolute Gasteiger partial charge is 0.338 e. The molecule has 2 amide bonds. The van der Waals surface area contributed by atoms with Gasteiger partial charge in [0.25, 0.3) is 5.91 Å². The fourth-order valence-electron chi connectivity index (χ4n) is 5.37. The molecular weight excluding hydrogens is 454 g/mol. The number of thiophene rings is 1. The monoisotopic (exact) mass is 487 g/mol. The molecule has 2 atom stereocenters. The van der Waals surface area contributed by atoms with Crippen molar-refractivity contribution in [3.05, 3.63) is 93.2 Å². The third kappa shape index (κ3) is 4.91. The summed E-state index contributed by atoms with van der Waals surface area (Å²) in [4.78, 5) is 34.2. The van der Waals surface area contributed by atoms with Crippen LogP contribution in [-0.4, -0.2) is 65.3 Å². The van der Waals surface area contributed by atoms with Crippen molar-refractivity contribution in [1.82, 2.24) is 14.7 Å². The molecular formula is C29H33N3O2S. The Kier molecular flexibility index (Phi) is 7.02. The molecule has 2 aliphatic rings. The molecule has 5 nitrogen and oxygen atoms in total. The van der Waals surface area contributed by atoms with Crippen molar-refractivity contribution < 1.29 is 9.59 Å². The van der Waals surface area contributed by atoms with Crippen molar-refractivity contribution in [3.63, 3.8) is 0 Å². The Labute approximate surface area is 212 Å². The first kappa shape index (κ1) is 23.8. The minimum atomic E-state index is -0.0131. The number of amides is 2. The third-order valence-electron chi connectivity index (χ3n) is 7.37. The highest BCUT2D eigenvalue weighted by atomic mass is 32.1. The van der Waals surface area contributed by atoms with Gasteiger partial charge in [0.1, 0.15) is 0 Å². The van der Waals surface area contributed by atoms with Gasteiger partial charge in [-0.05, 0) is 60.0 Å². The molecule has 182 valence electrons. The number of nitrogens with zero attached hydrogens (tertiary/aromatic N) is 3. The van der Waals surface area contributed by atoms with Gasteiger partial charge >= 0.3 is 0 Å². The maximum atomic E-state index is 13.4. The summed E-state index contributed by atoms with van der Waals surface area (Å²) in [6, 6.07) is 20.7. The summed E-state index contributed by atoms with van der Waals surface area (Å²) in [6.07, 6.45) is 1.95. The quantitative estimate of drug-likeness (QED) is 0.527. The van der Waals surface area contributed by atoms with Crippen LogP contribution in [-0.2, 0) is 17.6 Å². The highest BCUT2D eigenvalue weighted by Gasteiger charge is 2.34. The van der Waals surface area contributed by atoms with E-state index in [9.17, 15) is 9.59 Å². The molecule has 0 N–H and O–H groups in total. The van der Waals surface area contributed by atoms with Crippen molar-refractivity contribution in [1.29, 1.82) is 0 Å². The minimum absolute atomic E-state index is 0.0131. The van der Waals surface area contributed by atoms with E-state index < -0.39 is 0 Å². The van der Waals surface area contributed by atoms with Gasteiger partial charge in [-0.15, -0.1) is 11.3 Å². The van der Waals surface area contributed by atoms with Crippen LogP contribution in [0.25, 0.3) is 0 Å². The number of hydrogen-bond acceptors (Lipinski definition) is 4. The first-order chi connectivity index (χ1) is 17.0. The number of fused-ring (bicyclic) bond motifs is 1. The highest BCUT2D eigenvalue weighted by Crippen LogP contribution is 2.37. The third-order valence-corrected chi connectivity index (χ3v) is 8.37. The molecule has 0 saturated carbocycles. The lowest BCUT2D eigenvalue weighted by atomic mass is 9.93. The molecule has 1 fully saturated rings. The van der Waals surface area contributed by atoms with Crippen LogP contribution in [0, 0.1) is 0 Å². The van der Waals surface area contributed by atoms with E-state index >= 15 is 0 Å². The number of benzene rings is 2. The van der Waals surface area contributed by atoms with Crippen LogP contribution in [0.2, 0.25) is 0 Å². The van der Waals surface area contributed by atoms with Gasteiger partial charge in [0, 0.05) is 42.7 Å². The fraction of sp³-hybridized carbons (Fsp3) is 0.379. The smallest absolute Gasteiger partial charge is 0.254 e. The first-order valence-corrected chi connectivity index (χ1v) is 13.5. The summed E-state index contributed by atoms with van der Waals surface area (Å²) in [7, 11) is 0. The molecule has 0 bridgehead atoms. The van der Waals surface area contributed by atoms with Gasteiger partial charge in [0.05, 0.1) is 12.6 Å². The van der Waals surface area contributed by atoms with Crippen LogP contribution in [0.1, 0.15) is 51.8 Å². The molecule has 2 aliphatic heterocycles. The van der Waals surface area contributed by atoms with Gasteiger partial charge in [-0.3, -0.25) is 14.5 Å². The molecule has 2 aromatic carbocycles. The lowest BCUT2D eigenvalue weighted by molar-refractivity contribution is -0.135. The molecule has 5 rings (SSSR count). The molecule has 1 aromatic heterocycles. The van der Waals surface area contributed by atoms with E-state index in [4.69, 9.17) is 0 Å². The number of carbonyl (C=O) groups excluding carboxylic acids is 2.